The van der Waals surface area contributed by atoms with Gasteiger partial charge in [0.05, 0.1) is 42.1 Å². The van der Waals surface area contributed by atoms with Crippen LogP contribution in [0, 0.1) is 17.2 Å². The van der Waals surface area contributed by atoms with E-state index >= 15 is 0 Å². The lowest BCUT2D eigenvalue weighted by atomic mass is 9.96. The summed E-state index contributed by atoms with van der Waals surface area (Å²) in [6.45, 7) is 1.63. The molecule has 2 unspecified atom stereocenters. The minimum absolute atomic E-state index is 0.0329. The zero-order valence-electron chi connectivity index (χ0n) is 17.0. The van der Waals surface area contributed by atoms with Crippen LogP contribution in [0.3, 0.4) is 0 Å². The van der Waals surface area contributed by atoms with E-state index in [1.54, 1.807) is 18.0 Å². The number of fused-ring (bicyclic) bond motifs is 2. The first-order chi connectivity index (χ1) is 15.8. The Hall–Kier alpha value is -3.91. The van der Waals surface area contributed by atoms with E-state index in [1.165, 1.54) is 11.3 Å². The van der Waals surface area contributed by atoms with Gasteiger partial charge in [-0.2, -0.15) is 10.4 Å². The van der Waals surface area contributed by atoms with Gasteiger partial charge in [-0.1, -0.05) is 0 Å². The van der Waals surface area contributed by atoms with Gasteiger partial charge in [0, 0.05) is 42.4 Å². The molecule has 1 aliphatic rings. The van der Waals surface area contributed by atoms with Crippen LogP contribution < -0.4 is 4.90 Å². The zero-order valence-corrected chi connectivity index (χ0v) is 17.8. The topological polar surface area (TPSA) is 125 Å². The van der Waals surface area contributed by atoms with Gasteiger partial charge in [-0.3, -0.25) is 4.68 Å². The fraction of sp³-hybridized carbons (Fsp3) is 0.286. The molecule has 0 saturated carbocycles. The second-order valence-corrected chi connectivity index (χ2v) is 8.64. The maximum Gasteiger partial charge on any atom is 0.226 e. The van der Waals surface area contributed by atoms with Crippen LogP contribution in [-0.4, -0.2) is 52.8 Å². The summed E-state index contributed by atoms with van der Waals surface area (Å²) in [5.41, 5.74) is 5.14. The average molecular weight is 443 g/mol. The van der Waals surface area contributed by atoms with Crippen molar-refractivity contribution < 1.29 is 0 Å². The summed E-state index contributed by atoms with van der Waals surface area (Å²) < 4.78 is 1.92. The van der Waals surface area contributed by atoms with Crippen molar-refractivity contribution in [3.63, 3.8) is 0 Å². The highest BCUT2D eigenvalue weighted by Crippen LogP contribution is 2.33. The van der Waals surface area contributed by atoms with Gasteiger partial charge in [0.25, 0.3) is 0 Å². The van der Waals surface area contributed by atoms with Gasteiger partial charge in [-0.25, -0.2) is 24.9 Å². The first-order valence-electron chi connectivity index (χ1n) is 10.3. The fourth-order valence-corrected chi connectivity index (χ4v) is 5.04. The fourth-order valence-electron chi connectivity index (χ4n) is 4.41. The van der Waals surface area contributed by atoms with Gasteiger partial charge in [0.1, 0.15) is 22.3 Å². The number of aromatic amines is 1. The lowest BCUT2D eigenvalue weighted by molar-refractivity contribution is 0.332. The van der Waals surface area contributed by atoms with Gasteiger partial charge in [-0.05, 0) is 12.5 Å². The van der Waals surface area contributed by atoms with Crippen molar-refractivity contribution in [2.24, 2.45) is 5.92 Å². The average Bonchev–Trinajstić information content (AvgIpc) is 3.62. The highest BCUT2D eigenvalue weighted by Gasteiger charge is 2.32. The summed E-state index contributed by atoms with van der Waals surface area (Å²) in [6, 6.07) is 4.27. The molecule has 0 aromatic carbocycles. The minimum atomic E-state index is -0.0329. The van der Waals surface area contributed by atoms with Crippen molar-refractivity contribution in [1.29, 1.82) is 5.26 Å². The number of H-pyrrole nitrogens is 1. The highest BCUT2D eigenvalue weighted by molar-refractivity contribution is 7.16. The van der Waals surface area contributed by atoms with Crippen molar-refractivity contribution >= 4 is 38.7 Å². The molecule has 0 amide bonds. The van der Waals surface area contributed by atoms with Crippen molar-refractivity contribution in [2.45, 2.75) is 18.9 Å². The van der Waals surface area contributed by atoms with Crippen LogP contribution in [0.4, 0.5) is 5.95 Å². The summed E-state index contributed by atoms with van der Waals surface area (Å²) in [6.07, 6.45) is 10.3. The van der Waals surface area contributed by atoms with Crippen LogP contribution in [0.25, 0.3) is 32.6 Å². The van der Waals surface area contributed by atoms with Crippen molar-refractivity contribution in [2.75, 3.05) is 18.0 Å². The van der Waals surface area contributed by atoms with Crippen LogP contribution in [0.2, 0.25) is 0 Å². The van der Waals surface area contributed by atoms with E-state index < -0.39 is 0 Å². The molecule has 6 heterocycles. The standard InChI is InChI=1S/C21H18N10S/c22-4-1-17(13-3-6-30(9-13)21-24-8-16-20(29-21)32-12-27-16)31-10-14(7-28-31)18-15-2-5-23-19(15)26-11-25-18/h2,5,7-8,10-13,17H,1,3,6,9H2,(H,23,25,26). The number of nitrogens with one attached hydrogen (secondary N) is 1. The van der Waals surface area contributed by atoms with Gasteiger partial charge >= 0.3 is 0 Å². The number of anilines is 1. The Kier molecular flexibility index (Phi) is 4.50. The maximum atomic E-state index is 9.51. The Morgan fingerprint density at radius 2 is 2.22 bits per heavy atom. The molecule has 0 aliphatic carbocycles. The number of rotatable bonds is 5. The molecule has 5 aromatic heterocycles. The summed E-state index contributed by atoms with van der Waals surface area (Å²) in [5, 5.41) is 15.1. The Morgan fingerprint density at radius 1 is 1.25 bits per heavy atom. The number of hydrogen-bond acceptors (Lipinski definition) is 9. The molecule has 32 heavy (non-hydrogen) atoms. The Bertz CT molecular complexity index is 1440. The smallest absolute Gasteiger partial charge is 0.226 e. The summed E-state index contributed by atoms with van der Waals surface area (Å²) in [5.74, 6) is 0.984. The largest absolute Gasteiger partial charge is 0.346 e. The van der Waals surface area contributed by atoms with Crippen LogP contribution in [0.15, 0.2) is 42.7 Å². The molecular formula is C21H18N10S. The first kappa shape index (κ1) is 18.8. The molecule has 2 atom stereocenters. The third-order valence-corrected chi connectivity index (χ3v) is 6.73. The molecule has 158 valence electrons. The minimum Gasteiger partial charge on any atom is -0.346 e. The van der Waals surface area contributed by atoms with E-state index in [9.17, 15) is 5.26 Å². The highest BCUT2D eigenvalue weighted by atomic mass is 32.1. The van der Waals surface area contributed by atoms with E-state index in [1.807, 2.05) is 29.3 Å². The molecule has 0 spiro atoms. The van der Waals surface area contributed by atoms with Crippen molar-refractivity contribution in [1.82, 2.24) is 39.7 Å². The molecule has 0 radical (unpaired) electrons. The quantitative estimate of drug-likeness (QED) is 0.440. The molecule has 5 aromatic rings. The Balaban J connectivity index is 1.27. The molecule has 11 heteroatoms. The van der Waals surface area contributed by atoms with Gasteiger partial charge in [-0.15, -0.1) is 11.3 Å². The maximum absolute atomic E-state index is 9.51. The molecular weight excluding hydrogens is 424 g/mol. The lowest BCUT2D eigenvalue weighted by Gasteiger charge is -2.22. The van der Waals surface area contributed by atoms with Crippen LogP contribution in [0.5, 0.6) is 0 Å². The SMILES string of the molecule is N#CCC(C1CCN(c2ncc3ncsc3n2)C1)n1cc(-c2ncnc3[nH]ccc23)cn1. The van der Waals surface area contributed by atoms with E-state index in [2.05, 4.69) is 46.0 Å². The third-order valence-electron chi connectivity index (χ3n) is 6.00. The van der Waals surface area contributed by atoms with Crippen LogP contribution >= 0.6 is 11.3 Å². The molecule has 1 aliphatic heterocycles. The summed E-state index contributed by atoms with van der Waals surface area (Å²) in [4.78, 5) is 28.3. The number of thiazole rings is 1. The molecule has 0 bridgehead atoms. The van der Waals surface area contributed by atoms with E-state index in [4.69, 9.17) is 0 Å². The first-order valence-corrected chi connectivity index (χ1v) is 11.2. The number of nitrogens with zero attached hydrogens (tertiary/aromatic N) is 9. The molecule has 1 saturated heterocycles. The number of hydrogen-bond donors (Lipinski definition) is 1. The Morgan fingerprint density at radius 3 is 3.16 bits per heavy atom. The summed E-state index contributed by atoms with van der Waals surface area (Å²) >= 11 is 1.52. The summed E-state index contributed by atoms with van der Waals surface area (Å²) in [7, 11) is 0. The van der Waals surface area contributed by atoms with Crippen LogP contribution in [-0.2, 0) is 0 Å². The van der Waals surface area contributed by atoms with Crippen LogP contribution in [0.1, 0.15) is 18.9 Å². The van der Waals surface area contributed by atoms with E-state index in [-0.39, 0.29) is 12.0 Å². The van der Waals surface area contributed by atoms with Crippen molar-refractivity contribution in [3.8, 4) is 17.3 Å². The normalized spacial score (nSPS) is 17.2. The lowest BCUT2D eigenvalue weighted by Crippen LogP contribution is -2.26. The predicted octanol–water partition coefficient (Wildman–Crippen LogP) is 3.20. The molecule has 1 fully saturated rings. The molecule has 1 N–H and O–H groups in total. The van der Waals surface area contributed by atoms with Gasteiger partial charge in [0.2, 0.25) is 5.95 Å². The number of nitriles is 1. The van der Waals surface area contributed by atoms with E-state index in [0.29, 0.717) is 6.42 Å². The second kappa shape index (κ2) is 7.65. The monoisotopic (exact) mass is 442 g/mol. The second-order valence-electron chi connectivity index (χ2n) is 7.81. The van der Waals surface area contributed by atoms with Gasteiger partial charge in [0.15, 0.2) is 0 Å². The Labute approximate surface area is 186 Å². The van der Waals surface area contributed by atoms with E-state index in [0.717, 1.165) is 58.1 Å². The molecule has 10 nitrogen and oxygen atoms in total. The number of aromatic nitrogens is 8. The molecule has 6 rings (SSSR count). The predicted molar refractivity (Wildman–Crippen MR) is 120 cm³/mol. The third kappa shape index (κ3) is 3.16. The van der Waals surface area contributed by atoms with Crippen molar-refractivity contribution in [3.05, 3.63) is 42.7 Å². The van der Waals surface area contributed by atoms with Gasteiger partial charge < -0.3 is 9.88 Å². The zero-order chi connectivity index (χ0) is 21.5.